The highest BCUT2D eigenvalue weighted by atomic mass is 79.9. The zero-order valence-electron chi connectivity index (χ0n) is 20.8. The van der Waals surface area contributed by atoms with Crippen molar-refractivity contribution in [3.05, 3.63) is 94.5 Å². The van der Waals surface area contributed by atoms with Crippen molar-refractivity contribution in [2.24, 2.45) is 15.4 Å². The van der Waals surface area contributed by atoms with Gasteiger partial charge < -0.3 is 4.74 Å². The Bertz CT molecular complexity index is 1510. The number of fused-ring (bicyclic) bond motifs is 1. The van der Waals surface area contributed by atoms with Gasteiger partial charge in [0.2, 0.25) is 0 Å². The summed E-state index contributed by atoms with van der Waals surface area (Å²) in [5.41, 5.74) is 3.03. The van der Waals surface area contributed by atoms with Gasteiger partial charge in [-0.2, -0.15) is 10.2 Å². The van der Waals surface area contributed by atoms with Crippen LogP contribution < -0.4 is 9.64 Å². The lowest BCUT2D eigenvalue weighted by Gasteiger charge is -2.25. The summed E-state index contributed by atoms with van der Waals surface area (Å²) in [6.07, 6.45) is 0.518. The van der Waals surface area contributed by atoms with Crippen molar-refractivity contribution < 1.29 is 19.1 Å². The van der Waals surface area contributed by atoms with Gasteiger partial charge in [-0.05, 0) is 41.5 Å². The van der Waals surface area contributed by atoms with Gasteiger partial charge >= 0.3 is 0 Å². The van der Waals surface area contributed by atoms with Crippen molar-refractivity contribution in [1.82, 2.24) is 10.0 Å². The zero-order chi connectivity index (χ0) is 27.1. The Morgan fingerprint density at radius 2 is 1.77 bits per heavy atom. The lowest BCUT2D eigenvalue weighted by Crippen LogP contribution is -2.44. The van der Waals surface area contributed by atoms with Crippen LogP contribution in [0.4, 0.5) is 5.69 Å². The zero-order valence-corrected chi connectivity index (χ0v) is 22.4. The second-order valence-electron chi connectivity index (χ2n) is 9.33. The van der Waals surface area contributed by atoms with Crippen LogP contribution in [-0.4, -0.2) is 59.2 Å². The number of benzene rings is 3. The van der Waals surface area contributed by atoms with E-state index in [1.54, 1.807) is 31.4 Å². The quantitative estimate of drug-likeness (QED) is 0.404. The molecule has 1 saturated heterocycles. The molecule has 0 saturated carbocycles. The third kappa shape index (κ3) is 4.48. The van der Waals surface area contributed by atoms with Crippen molar-refractivity contribution in [2.75, 3.05) is 18.6 Å². The average molecular weight is 587 g/mol. The van der Waals surface area contributed by atoms with E-state index >= 15 is 0 Å². The Labute approximate surface area is 232 Å². The molecule has 3 aromatic rings. The van der Waals surface area contributed by atoms with Gasteiger partial charge in [0.15, 0.2) is 12.1 Å². The number of anilines is 1. The van der Waals surface area contributed by atoms with Gasteiger partial charge in [-0.15, -0.1) is 0 Å². The lowest BCUT2D eigenvalue weighted by molar-refractivity contribution is -0.135. The largest absolute Gasteiger partial charge is 0.497 e. The van der Waals surface area contributed by atoms with Crippen molar-refractivity contribution in [3.8, 4) is 5.75 Å². The summed E-state index contributed by atoms with van der Waals surface area (Å²) in [6.45, 7) is -0.256. The van der Waals surface area contributed by atoms with E-state index in [2.05, 4.69) is 26.3 Å². The van der Waals surface area contributed by atoms with Crippen LogP contribution in [0.25, 0.3) is 0 Å². The molecular formula is C28H23BrN6O4. The first-order chi connectivity index (χ1) is 18.9. The molecule has 6 rings (SSSR count). The smallest absolute Gasteiger partial charge is 0.264 e. The highest BCUT2D eigenvalue weighted by Crippen LogP contribution is 2.36. The molecule has 3 aliphatic heterocycles. The number of hydrazone groups is 1. The number of methoxy groups -OCH3 is 1. The predicted molar refractivity (Wildman–Crippen MR) is 146 cm³/mol. The van der Waals surface area contributed by atoms with Crippen LogP contribution in [0.15, 0.2) is 98.8 Å². The van der Waals surface area contributed by atoms with Crippen LogP contribution in [0, 0.1) is 0 Å². The highest BCUT2D eigenvalue weighted by molar-refractivity contribution is 9.10. The standard InChI is InChI=1S/C28H23BrN6O4/c1-39-21-12-10-18(11-13-21)23-15-22(17-6-3-2-4-7-17)31-35(23)24(36)16-33-26-25(30-32-33)27(37)34(28(26)38)20-9-5-8-19(29)14-20/h2-14,23,25-26H,15-16H2,1H3/t23-,25+,26+/m0/s1. The predicted octanol–water partition coefficient (Wildman–Crippen LogP) is 4.13. The van der Waals surface area contributed by atoms with Crippen LogP contribution in [0.3, 0.4) is 0 Å². The number of imide groups is 1. The maximum atomic E-state index is 13.7. The fourth-order valence-electron chi connectivity index (χ4n) is 5.07. The molecule has 3 aliphatic rings. The molecule has 0 bridgehead atoms. The molecule has 1 fully saturated rings. The second-order valence-corrected chi connectivity index (χ2v) is 10.2. The highest BCUT2D eigenvalue weighted by Gasteiger charge is 2.55. The van der Waals surface area contributed by atoms with Gasteiger partial charge in [-0.3, -0.25) is 19.4 Å². The van der Waals surface area contributed by atoms with Gasteiger partial charge in [0, 0.05) is 10.9 Å². The van der Waals surface area contributed by atoms with Gasteiger partial charge in [-0.25, -0.2) is 9.91 Å². The molecular weight excluding hydrogens is 564 g/mol. The number of hydrogen-bond acceptors (Lipinski definition) is 8. The van der Waals surface area contributed by atoms with Gasteiger partial charge in [0.1, 0.15) is 12.3 Å². The first-order valence-corrected chi connectivity index (χ1v) is 13.1. The first kappa shape index (κ1) is 24.9. The fourth-order valence-corrected chi connectivity index (χ4v) is 5.45. The van der Waals surface area contributed by atoms with Crippen LogP contribution >= 0.6 is 15.9 Å². The molecule has 0 aliphatic carbocycles. The second kappa shape index (κ2) is 10.1. The van der Waals surface area contributed by atoms with Crippen LogP contribution in [0.5, 0.6) is 5.75 Å². The normalized spacial score (nSPS) is 21.9. The number of carbonyl (C=O) groups is 3. The van der Waals surface area contributed by atoms with Crippen molar-refractivity contribution in [3.63, 3.8) is 0 Å². The molecule has 3 heterocycles. The molecule has 3 atom stereocenters. The van der Waals surface area contributed by atoms with Crippen molar-refractivity contribution in [2.45, 2.75) is 24.5 Å². The number of hydrogen-bond donors (Lipinski definition) is 0. The molecule has 3 amide bonds. The molecule has 0 aromatic heterocycles. The monoisotopic (exact) mass is 586 g/mol. The maximum absolute atomic E-state index is 13.7. The minimum atomic E-state index is -0.997. The van der Waals surface area contributed by atoms with E-state index in [1.165, 1.54) is 10.0 Å². The topological polar surface area (TPSA) is 107 Å². The van der Waals surface area contributed by atoms with Gasteiger partial charge in [0.05, 0.1) is 24.6 Å². The summed E-state index contributed by atoms with van der Waals surface area (Å²) in [4.78, 5) is 41.2. The van der Waals surface area contributed by atoms with E-state index in [0.29, 0.717) is 17.9 Å². The Kier molecular flexibility index (Phi) is 6.43. The third-order valence-electron chi connectivity index (χ3n) is 7.00. The van der Waals surface area contributed by atoms with Crippen LogP contribution in [0.1, 0.15) is 23.6 Å². The van der Waals surface area contributed by atoms with Gasteiger partial charge in [-0.1, -0.05) is 69.7 Å². The Morgan fingerprint density at radius 3 is 2.49 bits per heavy atom. The number of halogens is 1. The maximum Gasteiger partial charge on any atom is 0.264 e. The molecule has 0 spiro atoms. The Morgan fingerprint density at radius 1 is 1.00 bits per heavy atom. The number of ether oxygens (including phenoxy) is 1. The number of nitrogens with zero attached hydrogens (tertiary/aromatic N) is 6. The molecule has 11 heteroatoms. The Balaban J connectivity index is 1.26. The summed E-state index contributed by atoms with van der Waals surface area (Å²) in [6, 6.07) is 21.8. The van der Waals surface area contributed by atoms with Crippen molar-refractivity contribution in [1.29, 1.82) is 0 Å². The minimum Gasteiger partial charge on any atom is -0.497 e. The molecule has 10 nitrogen and oxygen atoms in total. The minimum absolute atomic E-state index is 0.256. The van der Waals surface area contributed by atoms with E-state index in [1.807, 2.05) is 54.6 Å². The molecule has 0 unspecified atom stereocenters. The summed E-state index contributed by atoms with van der Waals surface area (Å²) in [7, 11) is 1.60. The summed E-state index contributed by atoms with van der Waals surface area (Å²) in [5.74, 6) is -0.588. The van der Waals surface area contributed by atoms with Crippen LogP contribution in [-0.2, 0) is 14.4 Å². The van der Waals surface area contributed by atoms with E-state index in [0.717, 1.165) is 26.2 Å². The molecule has 196 valence electrons. The summed E-state index contributed by atoms with van der Waals surface area (Å²) < 4.78 is 6.02. The number of amides is 3. The number of rotatable bonds is 6. The van der Waals surface area contributed by atoms with Gasteiger partial charge in [0.25, 0.3) is 17.7 Å². The fraction of sp³-hybridized carbons (Fsp3) is 0.214. The average Bonchev–Trinajstić information content (AvgIpc) is 3.65. The lowest BCUT2D eigenvalue weighted by atomic mass is 9.98. The molecule has 0 N–H and O–H groups in total. The molecule has 3 aromatic carbocycles. The summed E-state index contributed by atoms with van der Waals surface area (Å²) >= 11 is 3.38. The SMILES string of the molecule is COc1ccc([C@@H]2CC(c3ccccc3)=NN2C(=O)CN2N=N[C@H]3C(=O)N(c4cccc(Br)c4)C(=O)[C@@H]32)cc1. The first-order valence-electron chi connectivity index (χ1n) is 12.3. The molecule has 0 radical (unpaired) electrons. The van der Waals surface area contributed by atoms with E-state index < -0.39 is 23.9 Å². The van der Waals surface area contributed by atoms with E-state index in [4.69, 9.17) is 9.84 Å². The van der Waals surface area contributed by atoms with Crippen molar-refractivity contribution >= 4 is 45.1 Å². The Hall–Kier alpha value is -4.38. The summed E-state index contributed by atoms with van der Waals surface area (Å²) in [5, 5.41) is 15.5. The van der Waals surface area contributed by atoms with E-state index in [9.17, 15) is 14.4 Å². The van der Waals surface area contributed by atoms with Crippen LogP contribution in [0.2, 0.25) is 0 Å². The van der Waals surface area contributed by atoms with E-state index in [-0.39, 0.29) is 18.5 Å². The number of carbonyl (C=O) groups excluding carboxylic acids is 3. The third-order valence-corrected chi connectivity index (χ3v) is 7.49. The molecule has 39 heavy (non-hydrogen) atoms.